The lowest BCUT2D eigenvalue weighted by Gasteiger charge is -2.32. The van der Waals surface area contributed by atoms with Crippen molar-refractivity contribution in [2.45, 2.75) is 25.7 Å². The average molecular weight is 373 g/mol. The molecule has 18 heavy (non-hydrogen) atoms. The lowest BCUT2D eigenvalue weighted by Crippen LogP contribution is -2.39. The van der Waals surface area contributed by atoms with E-state index in [1.807, 2.05) is 23.1 Å². The summed E-state index contributed by atoms with van der Waals surface area (Å²) in [6.45, 7) is 1.82. The van der Waals surface area contributed by atoms with Crippen LogP contribution in [0, 0.1) is 5.41 Å². The fraction of sp³-hybridized carbons (Fsp3) is 0.500. The van der Waals surface area contributed by atoms with Gasteiger partial charge in [0.25, 0.3) is 5.91 Å². The quantitative estimate of drug-likeness (QED) is 0.722. The number of amides is 1. The topological polar surface area (TPSA) is 20.3 Å². The van der Waals surface area contributed by atoms with Crippen LogP contribution in [0.5, 0.6) is 0 Å². The molecule has 4 heteroatoms. The molecule has 2 aliphatic rings. The summed E-state index contributed by atoms with van der Waals surface area (Å²) in [5.41, 5.74) is 1.37. The van der Waals surface area contributed by atoms with Gasteiger partial charge in [-0.2, -0.15) is 0 Å². The van der Waals surface area contributed by atoms with Gasteiger partial charge in [0, 0.05) is 22.0 Å². The summed E-state index contributed by atoms with van der Waals surface area (Å²) in [6.07, 6.45) is 5.10. The number of halogens is 2. The third-order valence-electron chi connectivity index (χ3n) is 4.25. The lowest BCUT2D eigenvalue weighted by atomic mass is 9.93. The molecule has 1 aliphatic carbocycles. The van der Waals surface area contributed by atoms with Crippen LogP contribution in [0.2, 0.25) is 0 Å². The highest BCUT2D eigenvalue weighted by atomic mass is 79.9. The smallest absolute Gasteiger partial charge is 0.256 e. The van der Waals surface area contributed by atoms with E-state index in [9.17, 15) is 4.79 Å². The number of piperidine rings is 1. The normalized spacial score (nSPS) is 21.1. The monoisotopic (exact) mass is 371 g/mol. The first-order valence-electron chi connectivity index (χ1n) is 6.35. The van der Waals surface area contributed by atoms with Crippen LogP contribution in [0.25, 0.3) is 0 Å². The van der Waals surface area contributed by atoms with Gasteiger partial charge in [0.1, 0.15) is 0 Å². The number of hydrogen-bond acceptors (Lipinski definition) is 1. The molecule has 1 saturated carbocycles. The van der Waals surface area contributed by atoms with Gasteiger partial charge in [-0.25, -0.2) is 0 Å². The van der Waals surface area contributed by atoms with Crippen molar-refractivity contribution in [1.82, 2.24) is 4.90 Å². The number of benzene rings is 1. The Bertz CT molecular complexity index is 466. The second-order valence-electron chi connectivity index (χ2n) is 5.39. The van der Waals surface area contributed by atoms with Gasteiger partial charge in [0.05, 0.1) is 5.56 Å². The van der Waals surface area contributed by atoms with Crippen molar-refractivity contribution in [3.8, 4) is 0 Å². The van der Waals surface area contributed by atoms with Crippen LogP contribution < -0.4 is 0 Å². The average Bonchev–Trinajstić information content (AvgIpc) is 3.09. The summed E-state index contributed by atoms with van der Waals surface area (Å²) in [5, 5.41) is 0. The Morgan fingerprint density at radius 1 is 1.06 bits per heavy atom. The fourth-order valence-corrected chi connectivity index (χ4v) is 4.06. The molecule has 1 amide bonds. The Morgan fingerprint density at radius 2 is 1.61 bits per heavy atom. The standard InChI is InChI=1S/C14H15Br2NO/c15-10-2-1-3-11(16)12(10)13(18)17-8-6-14(4-5-14)7-9-17/h1-3H,4-9H2. The Hall–Kier alpha value is -0.350. The molecule has 2 fully saturated rings. The van der Waals surface area contributed by atoms with Gasteiger partial charge in [0.2, 0.25) is 0 Å². The van der Waals surface area contributed by atoms with Crippen molar-refractivity contribution in [3.05, 3.63) is 32.7 Å². The molecule has 0 atom stereocenters. The minimum absolute atomic E-state index is 0.143. The second kappa shape index (κ2) is 4.64. The summed E-state index contributed by atoms with van der Waals surface area (Å²) in [7, 11) is 0. The Labute approximate surface area is 124 Å². The number of likely N-dealkylation sites (tertiary alicyclic amines) is 1. The molecule has 96 valence electrons. The van der Waals surface area contributed by atoms with E-state index in [-0.39, 0.29) is 5.91 Å². The van der Waals surface area contributed by atoms with E-state index >= 15 is 0 Å². The first-order valence-corrected chi connectivity index (χ1v) is 7.93. The van der Waals surface area contributed by atoms with Gasteiger partial charge >= 0.3 is 0 Å². The number of nitrogens with zero attached hydrogens (tertiary/aromatic N) is 1. The zero-order valence-electron chi connectivity index (χ0n) is 10.1. The van der Waals surface area contributed by atoms with Crippen LogP contribution in [0.1, 0.15) is 36.0 Å². The van der Waals surface area contributed by atoms with Gasteiger partial charge in [-0.15, -0.1) is 0 Å². The van der Waals surface area contributed by atoms with Gasteiger partial charge in [-0.1, -0.05) is 6.07 Å². The van der Waals surface area contributed by atoms with E-state index in [0.717, 1.165) is 27.6 Å². The first-order chi connectivity index (χ1) is 8.61. The molecular formula is C14H15Br2NO. The van der Waals surface area contributed by atoms with E-state index < -0.39 is 0 Å². The molecule has 1 aromatic carbocycles. The van der Waals surface area contributed by atoms with Crippen molar-refractivity contribution < 1.29 is 4.79 Å². The van der Waals surface area contributed by atoms with Gasteiger partial charge < -0.3 is 4.90 Å². The van der Waals surface area contributed by atoms with E-state index in [0.29, 0.717) is 5.41 Å². The number of carbonyl (C=O) groups excluding carboxylic acids is 1. The molecule has 2 nitrogen and oxygen atoms in total. The number of carbonyl (C=O) groups is 1. The van der Waals surface area contributed by atoms with Crippen LogP contribution in [-0.2, 0) is 0 Å². The minimum atomic E-state index is 0.143. The summed E-state index contributed by atoms with van der Waals surface area (Å²) in [6, 6.07) is 5.77. The molecule has 0 bridgehead atoms. The van der Waals surface area contributed by atoms with Gasteiger partial charge in [0.15, 0.2) is 0 Å². The van der Waals surface area contributed by atoms with E-state index in [1.54, 1.807) is 0 Å². The molecule has 1 heterocycles. The molecule has 0 aromatic heterocycles. The highest BCUT2D eigenvalue weighted by Crippen LogP contribution is 2.53. The van der Waals surface area contributed by atoms with Crippen molar-refractivity contribution in [1.29, 1.82) is 0 Å². The zero-order valence-corrected chi connectivity index (χ0v) is 13.3. The molecule has 1 saturated heterocycles. The van der Waals surface area contributed by atoms with Crippen LogP contribution in [-0.4, -0.2) is 23.9 Å². The van der Waals surface area contributed by atoms with Crippen LogP contribution in [0.15, 0.2) is 27.1 Å². The predicted molar refractivity (Wildman–Crippen MR) is 78.6 cm³/mol. The molecular weight excluding hydrogens is 358 g/mol. The van der Waals surface area contributed by atoms with Crippen LogP contribution in [0.4, 0.5) is 0 Å². The molecule has 1 spiro atoms. The van der Waals surface area contributed by atoms with E-state index in [2.05, 4.69) is 31.9 Å². The fourth-order valence-electron chi connectivity index (χ4n) is 2.72. The lowest BCUT2D eigenvalue weighted by molar-refractivity contribution is 0.0676. The Morgan fingerprint density at radius 3 is 2.11 bits per heavy atom. The van der Waals surface area contributed by atoms with Crippen LogP contribution >= 0.6 is 31.9 Å². The summed E-state index contributed by atoms with van der Waals surface area (Å²) in [4.78, 5) is 14.5. The molecule has 0 N–H and O–H groups in total. The first kappa shape index (κ1) is 12.7. The largest absolute Gasteiger partial charge is 0.339 e. The maximum Gasteiger partial charge on any atom is 0.256 e. The highest BCUT2D eigenvalue weighted by molar-refractivity contribution is 9.11. The van der Waals surface area contributed by atoms with Crippen molar-refractivity contribution in [2.75, 3.05) is 13.1 Å². The minimum Gasteiger partial charge on any atom is -0.339 e. The predicted octanol–water partition coefficient (Wildman–Crippen LogP) is 4.23. The Balaban J connectivity index is 1.78. The summed E-state index contributed by atoms with van der Waals surface area (Å²) >= 11 is 6.94. The van der Waals surface area contributed by atoms with Crippen molar-refractivity contribution in [3.63, 3.8) is 0 Å². The molecule has 1 aliphatic heterocycles. The third kappa shape index (κ3) is 2.25. The highest BCUT2D eigenvalue weighted by Gasteiger charge is 2.45. The maximum atomic E-state index is 12.5. The summed E-state index contributed by atoms with van der Waals surface area (Å²) in [5.74, 6) is 0.143. The molecule has 1 aromatic rings. The molecule has 0 radical (unpaired) electrons. The number of rotatable bonds is 1. The Kier molecular flexibility index (Phi) is 3.27. The SMILES string of the molecule is O=C(c1c(Br)cccc1Br)N1CCC2(CC1)CC2. The van der Waals surface area contributed by atoms with Crippen LogP contribution in [0.3, 0.4) is 0 Å². The zero-order chi connectivity index (χ0) is 12.8. The van der Waals surface area contributed by atoms with Crippen molar-refractivity contribution >= 4 is 37.8 Å². The summed E-state index contributed by atoms with van der Waals surface area (Å²) < 4.78 is 1.74. The van der Waals surface area contributed by atoms with E-state index in [1.165, 1.54) is 25.7 Å². The second-order valence-corrected chi connectivity index (χ2v) is 7.10. The van der Waals surface area contributed by atoms with Gasteiger partial charge in [-0.05, 0) is 75.1 Å². The number of hydrogen-bond donors (Lipinski definition) is 0. The maximum absolute atomic E-state index is 12.5. The van der Waals surface area contributed by atoms with Gasteiger partial charge in [-0.3, -0.25) is 4.79 Å². The van der Waals surface area contributed by atoms with E-state index in [4.69, 9.17) is 0 Å². The molecule has 3 rings (SSSR count). The third-order valence-corrected chi connectivity index (χ3v) is 5.57. The molecule has 0 unspecified atom stereocenters. The van der Waals surface area contributed by atoms with Crippen molar-refractivity contribution in [2.24, 2.45) is 5.41 Å².